The summed E-state index contributed by atoms with van der Waals surface area (Å²) >= 11 is 0. The van der Waals surface area contributed by atoms with Crippen LogP contribution in [0.3, 0.4) is 0 Å². The van der Waals surface area contributed by atoms with Crippen LogP contribution in [0.5, 0.6) is 0 Å². The van der Waals surface area contributed by atoms with Crippen LogP contribution < -0.4 is 26.4 Å². The van der Waals surface area contributed by atoms with Crippen LogP contribution >= 0.6 is 0 Å². The molecule has 2 fully saturated rings. The number of hydrogen-bond acceptors (Lipinski definition) is 3. The number of hydrogen-bond donors (Lipinski definition) is 3. The molecule has 3 N–H and O–H groups in total. The zero-order valence-corrected chi connectivity index (χ0v) is 14.2. The molecule has 0 aromatic heterocycles. The molecule has 2 saturated carbocycles. The van der Waals surface area contributed by atoms with Crippen molar-refractivity contribution in [3.05, 3.63) is 52.0 Å². The predicted octanol–water partition coefficient (Wildman–Crippen LogP) is 0.941. The molecule has 1 aromatic carbocycles. The molecule has 1 amide bonds. The van der Waals surface area contributed by atoms with Gasteiger partial charge in [0, 0.05) is 18.7 Å². The zero-order valence-electron chi connectivity index (χ0n) is 14.2. The molecule has 25 heavy (non-hydrogen) atoms. The van der Waals surface area contributed by atoms with Crippen molar-refractivity contribution in [3.8, 4) is 0 Å². The Hall–Kier alpha value is -2.49. The smallest absolute Gasteiger partial charge is 0.224 e. The van der Waals surface area contributed by atoms with Crippen LogP contribution in [-0.4, -0.2) is 18.6 Å². The van der Waals surface area contributed by atoms with E-state index >= 15 is 0 Å². The van der Waals surface area contributed by atoms with Crippen LogP contribution in [0.2, 0.25) is 0 Å². The van der Waals surface area contributed by atoms with E-state index in [1.807, 2.05) is 6.20 Å². The summed E-state index contributed by atoms with van der Waals surface area (Å²) in [5.41, 5.74) is 4.22. The van der Waals surface area contributed by atoms with Gasteiger partial charge in [-0.3, -0.25) is 4.79 Å². The van der Waals surface area contributed by atoms with Gasteiger partial charge in [0.15, 0.2) is 0 Å². The topological polar surface area (TPSA) is 53.2 Å². The third kappa shape index (κ3) is 2.97. The number of fused-ring (bicyclic) bond motifs is 1. The van der Waals surface area contributed by atoms with E-state index in [0.717, 1.165) is 25.3 Å². The van der Waals surface area contributed by atoms with E-state index in [-0.39, 0.29) is 18.0 Å². The van der Waals surface area contributed by atoms with E-state index < -0.39 is 0 Å². The highest BCUT2D eigenvalue weighted by molar-refractivity contribution is 5.82. The number of benzene rings is 1. The Morgan fingerprint density at radius 3 is 2.80 bits per heavy atom. The van der Waals surface area contributed by atoms with E-state index in [1.54, 1.807) is 0 Å². The van der Waals surface area contributed by atoms with Crippen LogP contribution in [0.25, 0.3) is 17.8 Å². The highest BCUT2D eigenvalue weighted by Crippen LogP contribution is 2.41. The van der Waals surface area contributed by atoms with E-state index in [2.05, 4.69) is 52.5 Å². The average molecular weight is 333 g/mol. The molecule has 0 bridgehead atoms. The lowest BCUT2D eigenvalue weighted by Crippen LogP contribution is -2.48. The van der Waals surface area contributed by atoms with Gasteiger partial charge in [-0.2, -0.15) is 0 Å². The van der Waals surface area contributed by atoms with E-state index in [1.165, 1.54) is 40.0 Å². The van der Waals surface area contributed by atoms with E-state index in [0.29, 0.717) is 0 Å². The maximum Gasteiger partial charge on any atom is 0.224 e. The number of amides is 1. The van der Waals surface area contributed by atoms with Crippen molar-refractivity contribution in [2.75, 3.05) is 6.54 Å². The van der Waals surface area contributed by atoms with Crippen molar-refractivity contribution in [2.45, 2.75) is 31.8 Å². The number of dihydropyridines is 1. The SMILES string of the molecule is O=C(NC1C=c2ccc(C3=C(C4CC4)C=CNC3)cc2=CN1)C1CC1. The molecule has 2 aliphatic carbocycles. The monoisotopic (exact) mass is 333 g/mol. The summed E-state index contributed by atoms with van der Waals surface area (Å²) in [6.07, 6.45) is 13.0. The van der Waals surface area contributed by atoms with Gasteiger partial charge in [0.25, 0.3) is 0 Å². The van der Waals surface area contributed by atoms with Gasteiger partial charge in [-0.25, -0.2) is 0 Å². The molecule has 5 rings (SSSR count). The normalized spacial score (nSPS) is 24.4. The van der Waals surface area contributed by atoms with Crippen molar-refractivity contribution in [1.82, 2.24) is 16.0 Å². The number of carbonyl (C=O) groups is 1. The summed E-state index contributed by atoms with van der Waals surface area (Å²) < 4.78 is 0. The maximum absolute atomic E-state index is 11.9. The van der Waals surface area contributed by atoms with Crippen molar-refractivity contribution in [2.24, 2.45) is 11.8 Å². The second-order valence-corrected chi connectivity index (χ2v) is 7.50. The van der Waals surface area contributed by atoms with Crippen LogP contribution in [0.15, 0.2) is 36.0 Å². The average Bonchev–Trinajstić information content (AvgIpc) is 3.54. The Balaban J connectivity index is 1.44. The summed E-state index contributed by atoms with van der Waals surface area (Å²) in [5.74, 6) is 1.15. The van der Waals surface area contributed by atoms with Gasteiger partial charge in [0.05, 0.1) is 0 Å². The Kier molecular flexibility index (Phi) is 3.44. The number of nitrogens with one attached hydrogen (secondary N) is 3. The fraction of sp³-hybridized carbons (Fsp3) is 0.381. The molecule has 1 atom stereocenters. The van der Waals surface area contributed by atoms with Gasteiger partial charge in [-0.15, -0.1) is 0 Å². The Bertz CT molecular complexity index is 904. The van der Waals surface area contributed by atoms with Gasteiger partial charge in [0.1, 0.15) is 6.17 Å². The molecule has 4 aliphatic rings. The first-order valence-electron chi connectivity index (χ1n) is 9.30. The molecule has 1 aromatic rings. The second-order valence-electron chi connectivity index (χ2n) is 7.50. The molecule has 2 aliphatic heterocycles. The Morgan fingerprint density at radius 2 is 2.00 bits per heavy atom. The van der Waals surface area contributed by atoms with Gasteiger partial charge in [-0.1, -0.05) is 12.1 Å². The Morgan fingerprint density at radius 1 is 1.12 bits per heavy atom. The van der Waals surface area contributed by atoms with Crippen LogP contribution in [-0.2, 0) is 4.79 Å². The largest absolute Gasteiger partial charge is 0.387 e. The first-order valence-corrected chi connectivity index (χ1v) is 9.30. The quantitative estimate of drug-likeness (QED) is 0.769. The first-order chi connectivity index (χ1) is 12.3. The third-order valence-electron chi connectivity index (χ3n) is 5.47. The van der Waals surface area contributed by atoms with Gasteiger partial charge in [0.2, 0.25) is 5.91 Å². The molecule has 128 valence electrons. The standard InChI is InChI=1S/C21H23N3O/c25-21(14-3-4-14)24-20-10-15-5-6-16(9-17(15)11-23-20)19-12-22-8-7-18(19)13-1-2-13/h5-11,13-14,20,22-23H,1-4,12H2,(H,24,25). The lowest BCUT2D eigenvalue weighted by Gasteiger charge is -2.20. The van der Waals surface area contributed by atoms with Crippen molar-refractivity contribution in [3.63, 3.8) is 0 Å². The highest BCUT2D eigenvalue weighted by Gasteiger charge is 2.31. The third-order valence-corrected chi connectivity index (χ3v) is 5.47. The lowest BCUT2D eigenvalue weighted by molar-refractivity contribution is -0.122. The van der Waals surface area contributed by atoms with Gasteiger partial charge in [-0.05, 0) is 83.2 Å². The predicted molar refractivity (Wildman–Crippen MR) is 99.2 cm³/mol. The fourth-order valence-corrected chi connectivity index (χ4v) is 3.70. The number of rotatable bonds is 4. The maximum atomic E-state index is 11.9. The molecule has 0 radical (unpaired) electrons. The van der Waals surface area contributed by atoms with Crippen LogP contribution in [0, 0.1) is 11.8 Å². The summed E-state index contributed by atoms with van der Waals surface area (Å²) in [7, 11) is 0. The minimum absolute atomic E-state index is 0.105. The van der Waals surface area contributed by atoms with Crippen molar-refractivity contribution < 1.29 is 4.79 Å². The molecule has 0 saturated heterocycles. The number of carbonyl (C=O) groups excluding carboxylic acids is 1. The molecule has 1 unspecified atom stereocenters. The first kappa shape index (κ1) is 14.8. The van der Waals surface area contributed by atoms with Gasteiger partial charge >= 0.3 is 0 Å². The lowest BCUT2D eigenvalue weighted by atomic mass is 9.94. The minimum atomic E-state index is -0.105. The molecule has 2 heterocycles. The van der Waals surface area contributed by atoms with Crippen molar-refractivity contribution in [1.29, 1.82) is 0 Å². The molecular weight excluding hydrogens is 310 g/mol. The molecule has 0 spiro atoms. The molecule has 4 heteroatoms. The highest BCUT2D eigenvalue weighted by atomic mass is 16.2. The minimum Gasteiger partial charge on any atom is -0.387 e. The fourth-order valence-electron chi connectivity index (χ4n) is 3.70. The van der Waals surface area contributed by atoms with Crippen molar-refractivity contribution >= 4 is 23.8 Å². The Labute approximate surface area is 147 Å². The summed E-state index contributed by atoms with van der Waals surface area (Å²) in [6.45, 7) is 0.901. The molecular formula is C21H23N3O. The van der Waals surface area contributed by atoms with E-state index in [9.17, 15) is 4.79 Å². The van der Waals surface area contributed by atoms with Gasteiger partial charge < -0.3 is 16.0 Å². The summed E-state index contributed by atoms with van der Waals surface area (Å²) in [5, 5.41) is 12.1. The van der Waals surface area contributed by atoms with Crippen LogP contribution in [0.4, 0.5) is 0 Å². The zero-order chi connectivity index (χ0) is 16.8. The summed E-state index contributed by atoms with van der Waals surface area (Å²) in [6, 6.07) is 6.65. The molecule has 4 nitrogen and oxygen atoms in total. The van der Waals surface area contributed by atoms with E-state index in [4.69, 9.17) is 0 Å². The number of allylic oxidation sites excluding steroid dienone is 2. The summed E-state index contributed by atoms with van der Waals surface area (Å²) in [4.78, 5) is 11.9. The van der Waals surface area contributed by atoms with Crippen LogP contribution in [0.1, 0.15) is 31.2 Å². The second kappa shape index (κ2) is 5.80.